The highest BCUT2D eigenvalue weighted by molar-refractivity contribution is 7.21. The summed E-state index contributed by atoms with van der Waals surface area (Å²) in [5.41, 5.74) is 2.07. The molecule has 0 bridgehead atoms. The fourth-order valence-electron chi connectivity index (χ4n) is 2.92. The number of anilines is 1. The van der Waals surface area contributed by atoms with Crippen LogP contribution in [0.2, 0.25) is 15.1 Å². The normalized spacial score (nSPS) is 11.2. The van der Waals surface area contributed by atoms with Gasteiger partial charge in [-0.2, -0.15) is 0 Å². The maximum atomic E-state index is 12.4. The Hall–Kier alpha value is -2.97. The number of hydrogen-bond donors (Lipinski definition) is 1. The lowest BCUT2D eigenvalue weighted by molar-refractivity contribution is -0.384. The van der Waals surface area contributed by atoms with Gasteiger partial charge in [-0.3, -0.25) is 14.9 Å². The lowest BCUT2D eigenvalue weighted by Crippen LogP contribution is -2.08. The van der Waals surface area contributed by atoms with Crippen LogP contribution in [0.15, 0.2) is 60.7 Å². The van der Waals surface area contributed by atoms with E-state index in [1.807, 2.05) is 24.3 Å². The third-order valence-electron chi connectivity index (χ3n) is 4.43. The highest BCUT2D eigenvalue weighted by Gasteiger charge is 2.15. The minimum Gasteiger partial charge on any atom is -0.321 e. The van der Waals surface area contributed by atoms with E-state index < -0.39 is 10.8 Å². The summed E-state index contributed by atoms with van der Waals surface area (Å²) < 4.78 is 1.01. The number of nitro groups is 1. The molecule has 6 nitrogen and oxygen atoms in total. The van der Waals surface area contributed by atoms with Gasteiger partial charge < -0.3 is 5.32 Å². The summed E-state index contributed by atoms with van der Waals surface area (Å²) in [6.07, 6.45) is 2.69. The molecule has 0 aliphatic heterocycles. The molecule has 0 spiro atoms. The number of nitrogens with zero attached hydrogens (tertiary/aromatic N) is 2. The van der Waals surface area contributed by atoms with Gasteiger partial charge in [0.1, 0.15) is 10.0 Å². The summed E-state index contributed by atoms with van der Waals surface area (Å²) in [7, 11) is 0. The van der Waals surface area contributed by atoms with Gasteiger partial charge in [-0.15, -0.1) is 11.3 Å². The van der Waals surface area contributed by atoms with Crippen LogP contribution in [0.5, 0.6) is 0 Å². The summed E-state index contributed by atoms with van der Waals surface area (Å²) in [6.45, 7) is 0. The van der Waals surface area contributed by atoms with Gasteiger partial charge in [0.05, 0.1) is 30.9 Å². The third-order valence-corrected chi connectivity index (χ3v) is 6.45. The van der Waals surface area contributed by atoms with E-state index in [1.54, 1.807) is 18.2 Å². The van der Waals surface area contributed by atoms with Gasteiger partial charge in [0.25, 0.3) is 5.69 Å². The molecule has 160 valence electrons. The Labute approximate surface area is 201 Å². The third kappa shape index (κ3) is 4.76. The van der Waals surface area contributed by atoms with Gasteiger partial charge in [-0.1, -0.05) is 53.0 Å². The van der Waals surface area contributed by atoms with E-state index in [9.17, 15) is 14.9 Å². The van der Waals surface area contributed by atoms with Crippen LogP contribution in [0.3, 0.4) is 0 Å². The van der Waals surface area contributed by atoms with Gasteiger partial charge in [-0.05, 0) is 42.0 Å². The Bertz CT molecular complexity index is 1370. The Kier molecular flexibility index (Phi) is 6.43. The van der Waals surface area contributed by atoms with Crippen molar-refractivity contribution in [1.29, 1.82) is 0 Å². The summed E-state index contributed by atoms with van der Waals surface area (Å²) in [6, 6.07) is 15.2. The standard InChI is InChI=1S/C22H12Cl3N3O3S/c23-14-7-5-12(9-19(14)28(30)31)6-8-21(29)26-18-10-13(15(24)11-16(18)25)22-27-17-3-1-2-4-20(17)32-22/h1-11H,(H,26,29). The van der Waals surface area contributed by atoms with Crippen molar-refractivity contribution >= 4 is 79.7 Å². The molecule has 0 atom stereocenters. The largest absolute Gasteiger partial charge is 0.321 e. The molecule has 3 aromatic carbocycles. The summed E-state index contributed by atoms with van der Waals surface area (Å²) >= 11 is 19.9. The van der Waals surface area contributed by atoms with Crippen LogP contribution in [-0.4, -0.2) is 15.8 Å². The second-order valence-electron chi connectivity index (χ2n) is 6.59. The molecule has 1 amide bonds. The van der Waals surface area contributed by atoms with E-state index in [4.69, 9.17) is 34.8 Å². The first-order chi connectivity index (χ1) is 15.3. The lowest BCUT2D eigenvalue weighted by Gasteiger charge is -2.09. The topological polar surface area (TPSA) is 85.1 Å². The van der Waals surface area contributed by atoms with Crippen molar-refractivity contribution in [3.05, 3.63) is 91.4 Å². The number of rotatable bonds is 5. The fourth-order valence-corrected chi connectivity index (χ4v) is 4.67. The highest BCUT2D eigenvalue weighted by atomic mass is 35.5. The molecule has 1 heterocycles. The maximum Gasteiger partial charge on any atom is 0.288 e. The molecule has 0 aliphatic carbocycles. The zero-order valence-electron chi connectivity index (χ0n) is 16.0. The van der Waals surface area contributed by atoms with Crippen LogP contribution in [0.25, 0.3) is 26.9 Å². The summed E-state index contributed by atoms with van der Waals surface area (Å²) in [5.74, 6) is -0.470. The number of para-hydroxylation sites is 1. The number of thiazole rings is 1. The number of nitrogens with one attached hydrogen (secondary N) is 1. The van der Waals surface area contributed by atoms with Crippen LogP contribution in [0, 0.1) is 10.1 Å². The van der Waals surface area contributed by atoms with Crippen LogP contribution in [-0.2, 0) is 4.79 Å². The quantitative estimate of drug-likeness (QED) is 0.173. The second kappa shape index (κ2) is 9.26. The van der Waals surface area contributed by atoms with E-state index in [-0.39, 0.29) is 15.7 Å². The Morgan fingerprint density at radius 3 is 2.56 bits per heavy atom. The number of nitro benzene ring substituents is 1. The molecule has 32 heavy (non-hydrogen) atoms. The number of carbonyl (C=O) groups excluding carboxylic acids is 1. The second-order valence-corrected chi connectivity index (χ2v) is 8.84. The molecule has 0 saturated heterocycles. The van der Waals surface area contributed by atoms with Gasteiger partial charge in [0.15, 0.2) is 0 Å². The number of aromatic nitrogens is 1. The predicted molar refractivity (Wildman–Crippen MR) is 131 cm³/mol. The van der Waals surface area contributed by atoms with Crippen molar-refractivity contribution in [2.45, 2.75) is 0 Å². The molecule has 10 heteroatoms. The molecule has 1 aromatic heterocycles. The van der Waals surface area contributed by atoms with Gasteiger partial charge in [0.2, 0.25) is 5.91 Å². The minimum atomic E-state index is -0.587. The Morgan fingerprint density at radius 1 is 1.03 bits per heavy atom. The van der Waals surface area contributed by atoms with E-state index in [0.29, 0.717) is 26.8 Å². The first-order valence-corrected chi connectivity index (χ1v) is 11.0. The SMILES string of the molecule is O=C(C=Cc1ccc(Cl)c([N+](=O)[O-])c1)Nc1cc(-c2nc3ccccc3s2)c(Cl)cc1Cl. The predicted octanol–water partition coefficient (Wildman–Crippen LogP) is 7.48. The average Bonchev–Trinajstić information content (AvgIpc) is 3.18. The zero-order chi connectivity index (χ0) is 22.8. The molecule has 0 aliphatic rings. The smallest absolute Gasteiger partial charge is 0.288 e. The molecule has 4 rings (SSSR count). The van der Waals surface area contributed by atoms with Crippen molar-refractivity contribution in [3.63, 3.8) is 0 Å². The first-order valence-electron chi connectivity index (χ1n) is 9.10. The van der Waals surface area contributed by atoms with Crippen LogP contribution < -0.4 is 5.32 Å². The molecular weight excluding hydrogens is 493 g/mol. The summed E-state index contributed by atoms with van der Waals surface area (Å²) in [5, 5.41) is 15.1. The van der Waals surface area contributed by atoms with Crippen molar-refractivity contribution in [3.8, 4) is 10.6 Å². The van der Waals surface area contributed by atoms with E-state index in [1.165, 1.54) is 35.6 Å². The lowest BCUT2D eigenvalue weighted by atomic mass is 10.2. The number of halogens is 3. The van der Waals surface area contributed by atoms with E-state index >= 15 is 0 Å². The maximum absolute atomic E-state index is 12.4. The monoisotopic (exact) mass is 503 g/mol. The van der Waals surface area contributed by atoms with Gasteiger partial charge in [0, 0.05) is 17.7 Å². The number of hydrogen-bond acceptors (Lipinski definition) is 5. The molecule has 0 saturated carbocycles. The van der Waals surface area contributed by atoms with Crippen LogP contribution in [0.1, 0.15) is 5.56 Å². The number of benzene rings is 3. The van der Waals surface area contributed by atoms with Crippen LogP contribution in [0.4, 0.5) is 11.4 Å². The molecule has 0 fully saturated rings. The molecule has 0 unspecified atom stereocenters. The van der Waals surface area contributed by atoms with E-state index in [2.05, 4.69) is 10.3 Å². The number of carbonyl (C=O) groups is 1. The van der Waals surface area contributed by atoms with Crippen molar-refractivity contribution in [1.82, 2.24) is 4.98 Å². The van der Waals surface area contributed by atoms with E-state index in [0.717, 1.165) is 10.2 Å². The molecule has 4 aromatic rings. The zero-order valence-corrected chi connectivity index (χ0v) is 19.1. The van der Waals surface area contributed by atoms with Gasteiger partial charge in [-0.25, -0.2) is 4.98 Å². The van der Waals surface area contributed by atoms with Crippen LogP contribution >= 0.6 is 46.1 Å². The Balaban J connectivity index is 1.58. The molecule has 1 N–H and O–H groups in total. The number of amides is 1. The summed E-state index contributed by atoms with van der Waals surface area (Å²) in [4.78, 5) is 27.5. The highest BCUT2D eigenvalue weighted by Crippen LogP contribution is 2.39. The fraction of sp³-hybridized carbons (Fsp3) is 0. The number of fused-ring (bicyclic) bond motifs is 1. The molecule has 0 radical (unpaired) electrons. The average molecular weight is 505 g/mol. The van der Waals surface area contributed by atoms with Gasteiger partial charge >= 0.3 is 0 Å². The Morgan fingerprint density at radius 2 is 1.81 bits per heavy atom. The van der Waals surface area contributed by atoms with Crippen molar-refractivity contribution in [2.75, 3.05) is 5.32 Å². The first kappa shape index (κ1) is 22.2. The molecular formula is C22H12Cl3N3O3S. The minimum absolute atomic E-state index is 0.0203. The van der Waals surface area contributed by atoms with Crippen molar-refractivity contribution < 1.29 is 9.72 Å². The van der Waals surface area contributed by atoms with Crippen molar-refractivity contribution in [2.24, 2.45) is 0 Å².